The molecule has 192 valence electrons. The largest absolute Gasteiger partial charge is 0.504 e. The lowest BCUT2D eigenvalue weighted by Crippen LogP contribution is -2.78. The van der Waals surface area contributed by atoms with Gasteiger partial charge in [0.15, 0.2) is 11.5 Å². The Balaban J connectivity index is 1.20. The molecule has 8 rings (SSSR count). The number of nitrogens with zero attached hydrogens (tertiary/aromatic N) is 1. The van der Waals surface area contributed by atoms with E-state index in [4.69, 9.17) is 16.3 Å². The number of carbonyl (C=O) groups excluding carboxylic acids is 1. The maximum absolute atomic E-state index is 13.6. The van der Waals surface area contributed by atoms with Gasteiger partial charge in [-0.1, -0.05) is 29.8 Å². The van der Waals surface area contributed by atoms with Gasteiger partial charge in [0, 0.05) is 29.7 Å². The van der Waals surface area contributed by atoms with Crippen molar-refractivity contribution in [1.29, 1.82) is 0 Å². The van der Waals surface area contributed by atoms with Crippen molar-refractivity contribution < 1.29 is 19.7 Å². The summed E-state index contributed by atoms with van der Waals surface area (Å²) in [7, 11) is 0. The second kappa shape index (κ2) is 7.43. The Morgan fingerprint density at radius 2 is 2.08 bits per heavy atom. The zero-order valence-electron chi connectivity index (χ0n) is 20.5. The van der Waals surface area contributed by atoms with Gasteiger partial charge in [0.1, 0.15) is 6.10 Å². The minimum atomic E-state index is -0.967. The van der Waals surface area contributed by atoms with E-state index in [0.29, 0.717) is 34.7 Å². The van der Waals surface area contributed by atoms with Crippen LogP contribution in [0, 0.1) is 5.92 Å². The molecule has 5 atom stereocenters. The van der Waals surface area contributed by atoms with E-state index in [0.717, 1.165) is 48.4 Å². The van der Waals surface area contributed by atoms with Crippen LogP contribution in [0.25, 0.3) is 10.9 Å². The van der Waals surface area contributed by atoms with Crippen LogP contribution in [-0.4, -0.2) is 62.9 Å². The molecule has 1 spiro atoms. The average molecular weight is 520 g/mol. The molecule has 8 heteroatoms. The smallest absolute Gasteiger partial charge is 0.253 e. The standard InChI is InChI=1S/C29H30ClN3O4/c30-19-13-31-24-17(19)2-1-3-18(24)27(35)32-20-8-9-29(36)22-12-16-6-7-21(34)25-23(16)28(29,26(20)37-25)10-11-33(22)14-15-4-5-15/h1-3,6-7,13,15,20,22,26,31,34,36H,4-5,8-12,14H2,(H,32,35)/t20-,22-,26+,28+,29-/m1/s1. The number of hydrogen-bond donors (Lipinski definition) is 4. The van der Waals surface area contributed by atoms with Crippen molar-refractivity contribution in [1.82, 2.24) is 15.2 Å². The van der Waals surface area contributed by atoms with Crippen molar-refractivity contribution in [3.05, 3.63) is 58.2 Å². The van der Waals surface area contributed by atoms with Crippen molar-refractivity contribution in [2.75, 3.05) is 13.1 Å². The van der Waals surface area contributed by atoms with Gasteiger partial charge in [-0.25, -0.2) is 0 Å². The topological polar surface area (TPSA) is 97.8 Å². The third kappa shape index (κ3) is 2.83. The molecule has 3 heterocycles. The lowest BCUT2D eigenvalue weighted by atomic mass is 9.48. The van der Waals surface area contributed by atoms with Crippen LogP contribution in [0.5, 0.6) is 11.5 Å². The quantitative estimate of drug-likeness (QED) is 0.419. The number of benzene rings is 2. The van der Waals surface area contributed by atoms with Gasteiger partial charge >= 0.3 is 0 Å². The number of H-pyrrole nitrogens is 1. The van der Waals surface area contributed by atoms with Gasteiger partial charge in [0.25, 0.3) is 5.91 Å². The first kappa shape index (κ1) is 22.3. The second-order valence-electron chi connectivity index (χ2n) is 11.8. The molecule has 4 N–H and O–H groups in total. The highest BCUT2D eigenvalue weighted by Crippen LogP contribution is 2.65. The fourth-order valence-electron chi connectivity index (χ4n) is 8.18. The summed E-state index contributed by atoms with van der Waals surface area (Å²) in [5.41, 5.74) is 1.74. The minimum absolute atomic E-state index is 0.0161. The molecule has 5 aliphatic rings. The van der Waals surface area contributed by atoms with E-state index in [1.807, 2.05) is 18.2 Å². The van der Waals surface area contributed by atoms with E-state index in [-0.39, 0.29) is 23.7 Å². The molecule has 0 radical (unpaired) electrons. The number of aromatic nitrogens is 1. The first-order valence-electron chi connectivity index (χ1n) is 13.5. The number of rotatable bonds is 4. The number of nitrogens with one attached hydrogen (secondary N) is 2. The maximum atomic E-state index is 13.6. The number of para-hydroxylation sites is 1. The Hall–Kier alpha value is -2.74. The number of phenols is 1. The van der Waals surface area contributed by atoms with E-state index in [2.05, 4.69) is 15.2 Å². The highest BCUT2D eigenvalue weighted by atomic mass is 35.5. The molecule has 2 bridgehead atoms. The molecule has 2 aromatic carbocycles. The Morgan fingerprint density at radius 3 is 2.92 bits per heavy atom. The summed E-state index contributed by atoms with van der Waals surface area (Å²) < 4.78 is 6.57. The molecule has 2 aliphatic heterocycles. The minimum Gasteiger partial charge on any atom is -0.504 e. The fraction of sp³-hybridized carbons (Fsp3) is 0.483. The number of amides is 1. The number of ether oxygens (including phenoxy) is 1. The Morgan fingerprint density at radius 1 is 1.22 bits per heavy atom. The number of aromatic amines is 1. The number of phenolic OH excluding ortho intramolecular Hbond substituents is 1. The van der Waals surface area contributed by atoms with Crippen LogP contribution in [0.2, 0.25) is 5.02 Å². The second-order valence-corrected chi connectivity index (χ2v) is 12.2. The van der Waals surface area contributed by atoms with E-state index < -0.39 is 17.1 Å². The predicted octanol–water partition coefficient (Wildman–Crippen LogP) is 3.89. The summed E-state index contributed by atoms with van der Waals surface area (Å²) in [5.74, 6) is 1.15. The van der Waals surface area contributed by atoms with Crippen molar-refractivity contribution in [3.63, 3.8) is 0 Å². The molecule has 37 heavy (non-hydrogen) atoms. The molecule has 2 saturated carbocycles. The fourth-order valence-corrected chi connectivity index (χ4v) is 8.40. The monoisotopic (exact) mass is 519 g/mol. The SMILES string of the molecule is O=C(N[C@@H]1CC[C@@]2(O)[C@H]3Cc4ccc(O)c5c4[C@@]2(CCN3CC2CC2)[C@H]1O5)c1cccc2c(Cl)c[nH]c12. The third-order valence-electron chi connectivity index (χ3n) is 9.99. The van der Waals surface area contributed by atoms with Gasteiger partial charge in [-0.2, -0.15) is 0 Å². The van der Waals surface area contributed by atoms with Gasteiger partial charge < -0.3 is 25.3 Å². The zero-order chi connectivity index (χ0) is 25.1. The van der Waals surface area contributed by atoms with Crippen LogP contribution in [0.4, 0.5) is 0 Å². The summed E-state index contributed by atoms with van der Waals surface area (Å²) >= 11 is 6.30. The maximum Gasteiger partial charge on any atom is 0.253 e. The van der Waals surface area contributed by atoms with Crippen LogP contribution in [-0.2, 0) is 11.8 Å². The number of halogens is 1. The summed E-state index contributed by atoms with van der Waals surface area (Å²) in [6, 6.07) is 8.96. The van der Waals surface area contributed by atoms with Gasteiger partial charge in [-0.3, -0.25) is 9.69 Å². The Bertz CT molecular complexity index is 1470. The third-order valence-corrected chi connectivity index (χ3v) is 10.3. The molecule has 3 aliphatic carbocycles. The number of aliphatic hydroxyl groups is 1. The van der Waals surface area contributed by atoms with Gasteiger partial charge in [0.2, 0.25) is 0 Å². The molecule has 7 nitrogen and oxygen atoms in total. The number of fused-ring (bicyclic) bond motifs is 1. The average Bonchev–Trinajstić information content (AvgIpc) is 3.52. The molecule has 0 unspecified atom stereocenters. The van der Waals surface area contributed by atoms with Crippen LogP contribution < -0.4 is 10.1 Å². The number of piperidine rings is 1. The lowest BCUT2D eigenvalue weighted by molar-refractivity contribution is -0.191. The highest BCUT2D eigenvalue weighted by molar-refractivity contribution is 6.36. The number of hydrogen-bond acceptors (Lipinski definition) is 5. The van der Waals surface area contributed by atoms with Crippen molar-refractivity contribution in [3.8, 4) is 11.5 Å². The van der Waals surface area contributed by atoms with Crippen molar-refractivity contribution in [2.45, 2.75) is 67.7 Å². The van der Waals surface area contributed by atoms with Crippen LogP contribution in [0.1, 0.15) is 53.6 Å². The Labute approximate surface area is 219 Å². The van der Waals surface area contributed by atoms with Gasteiger partial charge in [-0.15, -0.1) is 0 Å². The molecule has 3 fully saturated rings. The van der Waals surface area contributed by atoms with Crippen molar-refractivity contribution in [2.24, 2.45) is 5.92 Å². The van der Waals surface area contributed by atoms with Gasteiger partial charge in [0.05, 0.1) is 33.2 Å². The van der Waals surface area contributed by atoms with Gasteiger partial charge in [-0.05, 0) is 68.7 Å². The molecular formula is C29H30ClN3O4. The van der Waals surface area contributed by atoms with E-state index in [9.17, 15) is 15.0 Å². The van der Waals surface area contributed by atoms with Crippen LogP contribution in [0.3, 0.4) is 0 Å². The normalized spacial score (nSPS) is 33.7. The van der Waals surface area contributed by atoms with E-state index in [1.54, 1.807) is 18.3 Å². The van der Waals surface area contributed by atoms with Crippen LogP contribution >= 0.6 is 11.6 Å². The Kier molecular flexibility index (Phi) is 4.47. The van der Waals surface area contributed by atoms with E-state index in [1.165, 1.54) is 12.8 Å². The molecular weight excluding hydrogens is 490 g/mol. The highest BCUT2D eigenvalue weighted by Gasteiger charge is 2.73. The lowest BCUT2D eigenvalue weighted by Gasteiger charge is -2.64. The summed E-state index contributed by atoms with van der Waals surface area (Å²) in [6.07, 6.45) is 6.49. The number of likely N-dealkylation sites (tertiary alicyclic amines) is 1. The number of carbonyl (C=O) groups is 1. The van der Waals surface area contributed by atoms with E-state index >= 15 is 0 Å². The zero-order valence-corrected chi connectivity index (χ0v) is 21.2. The summed E-state index contributed by atoms with van der Waals surface area (Å²) in [4.78, 5) is 19.3. The summed E-state index contributed by atoms with van der Waals surface area (Å²) in [6.45, 7) is 1.93. The molecule has 1 aromatic heterocycles. The summed E-state index contributed by atoms with van der Waals surface area (Å²) in [5, 5.41) is 28.0. The molecule has 1 saturated heterocycles. The first-order chi connectivity index (χ1) is 17.9. The molecule has 1 amide bonds. The van der Waals surface area contributed by atoms with Crippen molar-refractivity contribution >= 4 is 28.4 Å². The first-order valence-corrected chi connectivity index (χ1v) is 13.8. The predicted molar refractivity (Wildman–Crippen MR) is 139 cm³/mol. The van der Waals surface area contributed by atoms with Crippen LogP contribution in [0.15, 0.2) is 36.5 Å². The number of aromatic hydroxyl groups is 1. The molecule has 3 aromatic rings.